The topological polar surface area (TPSA) is 73.3 Å². The molecule has 0 aliphatic rings. The summed E-state index contributed by atoms with van der Waals surface area (Å²) in [6, 6.07) is 10.9. The molecule has 3 rings (SSSR count). The van der Waals surface area contributed by atoms with Crippen molar-refractivity contribution in [3.8, 4) is 22.2 Å². The number of aromatic nitrogens is 2. The molecule has 0 saturated heterocycles. The minimum absolute atomic E-state index is 0.169. The lowest BCUT2D eigenvalue weighted by molar-refractivity contribution is 0.0943. The number of carbonyl (C=O) groups excluding carboxylic acids is 1. The standard InChI is InChI=1S/C20H21N3O3S/c1-12(15-9-8-14(25-3)11-17(15)26-4)22-19(24)18-13(2)23-20(27-18)16-7-5-6-10-21-16/h5-12H,1-4H3,(H,22,24). The largest absolute Gasteiger partial charge is 0.497 e. The Hall–Kier alpha value is -2.93. The molecule has 2 heterocycles. The molecular formula is C20H21N3O3S. The number of hydrogen-bond donors (Lipinski definition) is 1. The molecule has 27 heavy (non-hydrogen) atoms. The summed E-state index contributed by atoms with van der Waals surface area (Å²) in [5, 5.41) is 3.75. The zero-order chi connectivity index (χ0) is 19.4. The number of aryl methyl sites for hydroxylation is 1. The first-order chi connectivity index (χ1) is 13.0. The number of carbonyl (C=O) groups is 1. The van der Waals surface area contributed by atoms with Gasteiger partial charge in [-0.05, 0) is 38.1 Å². The number of benzene rings is 1. The fraction of sp³-hybridized carbons (Fsp3) is 0.250. The van der Waals surface area contributed by atoms with Crippen LogP contribution in [0.15, 0.2) is 42.6 Å². The van der Waals surface area contributed by atoms with E-state index < -0.39 is 0 Å². The molecule has 1 unspecified atom stereocenters. The highest BCUT2D eigenvalue weighted by atomic mass is 32.1. The maximum absolute atomic E-state index is 12.8. The van der Waals surface area contributed by atoms with E-state index in [0.717, 1.165) is 16.3 Å². The quantitative estimate of drug-likeness (QED) is 0.696. The van der Waals surface area contributed by atoms with Gasteiger partial charge >= 0.3 is 0 Å². The van der Waals surface area contributed by atoms with E-state index in [1.807, 2.05) is 44.2 Å². The van der Waals surface area contributed by atoms with E-state index in [1.165, 1.54) is 11.3 Å². The Balaban J connectivity index is 1.81. The van der Waals surface area contributed by atoms with Crippen molar-refractivity contribution in [3.63, 3.8) is 0 Å². The SMILES string of the molecule is COc1ccc(C(C)NC(=O)c2sc(-c3ccccn3)nc2C)c(OC)c1. The van der Waals surface area contributed by atoms with Gasteiger partial charge < -0.3 is 14.8 Å². The summed E-state index contributed by atoms with van der Waals surface area (Å²) in [4.78, 5) is 22.2. The van der Waals surface area contributed by atoms with E-state index in [4.69, 9.17) is 9.47 Å². The van der Waals surface area contributed by atoms with Crippen LogP contribution in [0.4, 0.5) is 0 Å². The van der Waals surface area contributed by atoms with E-state index >= 15 is 0 Å². The number of nitrogens with one attached hydrogen (secondary N) is 1. The lowest BCUT2D eigenvalue weighted by Gasteiger charge is -2.17. The van der Waals surface area contributed by atoms with Gasteiger partial charge in [-0.3, -0.25) is 9.78 Å². The summed E-state index contributed by atoms with van der Waals surface area (Å²) in [5.74, 6) is 1.20. The van der Waals surface area contributed by atoms with Gasteiger partial charge in [-0.15, -0.1) is 11.3 Å². The summed E-state index contributed by atoms with van der Waals surface area (Å²) >= 11 is 1.34. The number of methoxy groups -OCH3 is 2. The molecule has 0 spiro atoms. The Morgan fingerprint density at radius 2 is 2.00 bits per heavy atom. The molecule has 0 aliphatic heterocycles. The van der Waals surface area contributed by atoms with Gasteiger partial charge in [0.15, 0.2) is 0 Å². The second-order valence-electron chi connectivity index (χ2n) is 5.95. The first kappa shape index (κ1) is 18.8. The van der Waals surface area contributed by atoms with Gasteiger partial charge in [0.05, 0.1) is 31.6 Å². The number of thiazole rings is 1. The number of rotatable bonds is 6. The molecule has 0 aliphatic carbocycles. The Bertz CT molecular complexity index is 941. The van der Waals surface area contributed by atoms with E-state index in [1.54, 1.807) is 26.5 Å². The maximum Gasteiger partial charge on any atom is 0.263 e. The predicted octanol–water partition coefficient (Wildman–Crippen LogP) is 4.02. The average Bonchev–Trinajstić information content (AvgIpc) is 3.09. The Labute approximate surface area is 162 Å². The lowest BCUT2D eigenvalue weighted by Crippen LogP contribution is -2.26. The van der Waals surface area contributed by atoms with Crippen molar-refractivity contribution < 1.29 is 14.3 Å². The third-order valence-electron chi connectivity index (χ3n) is 4.14. The van der Waals surface area contributed by atoms with Gasteiger partial charge in [0.2, 0.25) is 0 Å². The zero-order valence-electron chi connectivity index (χ0n) is 15.6. The van der Waals surface area contributed by atoms with Crippen LogP contribution in [0.3, 0.4) is 0 Å². The van der Waals surface area contributed by atoms with Crippen molar-refractivity contribution in [2.75, 3.05) is 14.2 Å². The summed E-state index contributed by atoms with van der Waals surface area (Å²) < 4.78 is 10.7. The fourth-order valence-corrected chi connectivity index (χ4v) is 3.67. The van der Waals surface area contributed by atoms with Crippen molar-refractivity contribution >= 4 is 17.2 Å². The van der Waals surface area contributed by atoms with E-state index in [0.29, 0.717) is 22.1 Å². The lowest BCUT2D eigenvalue weighted by atomic mass is 10.1. The van der Waals surface area contributed by atoms with E-state index in [9.17, 15) is 4.79 Å². The van der Waals surface area contributed by atoms with Gasteiger partial charge in [-0.25, -0.2) is 4.98 Å². The highest BCUT2D eigenvalue weighted by molar-refractivity contribution is 7.17. The molecule has 0 saturated carbocycles. The Morgan fingerprint density at radius 1 is 1.19 bits per heavy atom. The van der Waals surface area contributed by atoms with E-state index in [2.05, 4.69) is 15.3 Å². The minimum atomic E-state index is -0.238. The molecular weight excluding hydrogens is 362 g/mol. The maximum atomic E-state index is 12.8. The van der Waals surface area contributed by atoms with Crippen molar-refractivity contribution in [1.82, 2.24) is 15.3 Å². The second kappa shape index (κ2) is 8.18. The first-order valence-electron chi connectivity index (χ1n) is 8.45. The summed E-state index contributed by atoms with van der Waals surface area (Å²) in [6.07, 6.45) is 1.71. The van der Waals surface area contributed by atoms with E-state index in [-0.39, 0.29) is 11.9 Å². The fourth-order valence-electron chi connectivity index (χ4n) is 2.72. The highest BCUT2D eigenvalue weighted by Crippen LogP contribution is 2.31. The minimum Gasteiger partial charge on any atom is -0.497 e. The van der Waals surface area contributed by atoms with Crippen LogP contribution >= 0.6 is 11.3 Å². The van der Waals surface area contributed by atoms with Crippen LogP contribution in [0.2, 0.25) is 0 Å². The van der Waals surface area contributed by atoms with Gasteiger partial charge in [-0.2, -0.15) is 0 Å². The van der Waals surface area contributed by atoms with Crippen LogP contribution in [-0.2, 0) is 0 Å². The number of nitrogens with zero attached hydrogens (tertiary/aromatic N) is 2. The number of pyridine rings is 1. The third kappa shape index (κ3) is 4.09. The Kier molecular flexibility index (Phi) is 5.71. The van der Waals surface area contributed by atoms with Gasteiger partial charge in [0, 0.05) is 17.8 Å². The van der Waals surface area contributed by atoms with Crippen molar-refractivity contribution in [1.29, 1.82) is 0 Å². The molecule has 1 amide bonds. The molecule has 0 fully saturated rings. The van der Waals surface area contributed by atoms with Crippen molar-refractivity contribution in [3.05, 3.63) is 58.7 Å². The summed E-state index contributed by atoms with van der Waals surface area (Å²) in [5.41, 5.74) is 2.32. The number of hydrogen-bond acceptors (Lipinski definition) is 6. The van der Waals surface area contributed by atoms with Crippen molar-refractivity contribution in [2.45, 2.75) is 19.9 Å². The second-order valence-corrected chi connectivity index (χ2v) is 6.95. The molecule has 3 aromatic rings. The molecule has 1 aromatic carbocycles. The van der Waals surface area contributed by atoms with Gasteiger partial charge in [0.1, 0.15) is 21.4 Å². The van der Waals surface area contributed by atoms with Crippen LogP contribution in [0.25, 0.3) is 10.7 Å². The predicted molar refractivity (Wildman–Crippen MR) is 106 cm³/mol. The normalized spacial score (nSPS) is 11.7. The van der Waals surface area contributed by atoms with Gasteiger partial charge in [-0.1, -0.05) is 6.07 Å². The molecule has 0 bridgehead atoms. The van der Waals surface area contributed by atoms with Crippen LogP contribution in [-0.4, -0.2) is 30.1 Å². The monoisotopic (exact) mass is 383 g/mol. The smallest absolute Gasteiger partial charge is 0.263 e. The van der Waals surface area contributed by atoms with Gasteiger partial charge in [0.25, 0.3) is 5.91 Å². The molecule has 6 nitrogen and oxygen atoms in total. The van der Waals surface area contributed by atoms with Crippen molar-refractivity contribution in [2.24, 2.45) is 0 Å². The average molecular weight is 383 g/mol. The summed E-state index contributed by atoms with van der Waals surface area (Å²) in [6.45, 7) is 3.74. The molecule has 1 atom stereocenters. The molecule has 2 aromatic heterocycles. The molecule has 0 radical (unpaired) electrons. The van der Waals surface area contributed by atoms with Crippen LogP contribution < -0.4 is 14.8 Å². The third-order valence-corrected chi connectivity index (χ3v) is 5.32. The van der Waals surface area contributed by atoms with Crippen LogP contribution in [0.1, 0.15) is 33.9 Å². The Morgan fingerprint density at radius 3 is 2.67 bits per heavy atom. The zero-order valence-corrected chi connectivity index (χ0v) is 16.5. The van der Waals surface area contributed by atoms with Crippen LogP contribution in [0, 0.1) is 6.92 Å². The molecule has 1 N–H and O–H groups in total. The first-order valence-corrected chi connectivity index (χ1v) is 9.26. The number of ether oxygens (including phenoxy) is 2. The highest BCUT2D eigenvalue weighted by Gasteiger charge is 2.20. The molecule has 140 valence electrons. The van der Waals surface area contributed by atoms with Crippen LogP contribution in [0.5, 0.6) is 11.5 Å². The number of amides is 1. The summed E-state index contributed by atoms with van der Waals surface area (Å²) in [7, 11) is 3.20. The molecule has 7 heteroatoms.